The summed E-state index contributed by atoms with van der Waals surface area (Å²) >= 11 is 0. The molecule has 8 heteroatoms. The average molecular weight is 306 g/mol. The molecule has 20 heavy (non-hydrogen) atoms. The predicted octanol–water partition coefficient (Wildman–Crippen LogP) is 1.12. The number of halogens is 1. The van der Waals surface area contributed by atoms with E-state index in [0.29, 0.717) is 13.0 Å². The van der Waals surface area contributed by atoms with E-state index in [0.717, 1.165) is 12.1 Å². The largest absolute Gasteiger partial charge is 0.492 e. The van der Waals surface area contributed by atoms with Gasteiger partial charge in [0.15, 0.2) is 11.6 Å². The topological polar surface area (TPSA) is 90.7 Å². The van der Waals surface area contributed by atoms with Gasteiger partial charge in [-0.3, -0.25) is 0 Å². The van der Waals surface area contributed by atoms with Crippen molar-refractivity contribution in [1.29, 1.82) is 0 Å². The lowest BCUT2D eigenvalue weighted by Gasteiger charge is -2.15. The lowest BCUT2D eigenvalue weighted by atomic mass is 10.3. The number of nitrogens with one attached hydrogen (secondary N) is 1. The first-order valence-corrected chi connectivity index (χ1v) is 7.44. The summed E-state index contributed by atoms with van der Waals surface area (Å²) in [6.45, 7) is 2.11. The zero-order chi connectivity index (χ0) is 15.3. The van der Waals surface area contributed by atoms with E-state index in [1.807, 2.05) is 0 Å². The van der Waals surface area contributed by atoms with Gasteiger partial charge in [-0.05, 0) is 25.5 Å². The van der Waals surface area contributed by atoms with Gasteiger partial charge in [0.2, 0.25) is 10.0 Å². The zero-order valence-corrected chi connectivity index (χ0v) is 12.5. The maximum absolute atomic E-state index is 13.7. The summed E-state index contributed by atoms with van der Waals surface area (Å²) in [6, 6.07) is 1.69. The van der Waals surface area contributed by atoms with E-state index in [1.54, 1.807) is 6.92 Å². The van der Waals surface area contributed by atoms with Gasteiger partial charge in [-0.2, -0.15) is 0 Å². The monoisotopic (exact) mass is 306 g/mol. The minimum absolute atomic E-state index is 0.0718. The Morgan fingerprint density at radius 3 is 2.55 bits per heavy atom. The van der Waals surface area contributed by atoms with Gasteiger partial charge in [0.25, 0.3) is 0 Å². The van der Waals surface area contributed by atoms with E-state index in [1.165, 1.54) is 14.2 Å². The summed E-state index contributed by atoms with van der Waals surface area (Å²) in [5.41, 5.74) is 5.49. The van der Waals surface area contributed by atoms with Crippen LogP contribution in [-0.4, -0.2) is 35.3 Å². The molecule has 0 radical (unpaired) electrons. The number of benzene rings is 1. The van der Waals surface area contributed by atoms with Crippen molar-refractivity contribution in [3.8, 4) is 5.75 Å². The van der Waals surface area contributed by atoms with Crippen molar-refractivity contribution in [3.05, 3.63) is 17.9 Å². The molecule has 0 heterocycles. The molecule has 0 amide bonds. The van der Waals surface area contributed by atoms with Crippen LogP contribution < -0.4 is 15.2 Å². The Morgan fingerprint density at radius 2 is 2.05 bits per heavy atom. The quantitative estimate of drug-likeness (QED) is 0.737. The Hall–Kier alpha value is -1.38. The smallest absolute Gasteiger partial charge is 0.240 e. The molecule has 0 saturated carbocycles. The van der Waals surface area contributed by atoms with Crippen LogP contribution in [0.15, 0.2) is 17.0 Å². The lowest BCUT2D eigenvalue weighted by molar-refractivity contribution is 0.188. The van der Waals surface area contributed by atoms with Crippen molar-refractivity contribution in [2.24, 2.45) is 0 Å². The number of nitrogen functional groups attached to an aromatic ring is 1. The van der Waals surface area contributed by atoms with Crippen LogP contribution in [0.3, 0.4) is 0 Å². The van der Waals surface area contributed by atoms with E-state index in [2.05, 4.69) is 4.72 Å². The second kappa shape index (κ2) is 6.87. The number of hydrogen-bond acceptors (Lipinski definition) is 5. The van der Waals surface area contributed by atoms with Crippen LogP contribution in [-0.2, 0) is 14.8 Å². The van der Waals surface area contributed by atoms with Gasteiger partial charge in [0, 0.05) is 19.8 Å². The van der Waals surface area contributed by atoms with Crippen LogP contribution in [0.4, 0.5) is 10.1 Å². The highest BCUT2D eigenvalue weighted by molar-refractivity contribution is 7.89. The molecular weight excluding hydrogens is 287 g/mol. The minimum Gasteiger partial charge on any atom is -0.492 e. The molecule has 0 spiro atoms. The summed E-state index contributed by atoms with van der Waals surface area (Å²) in [6.07, 6.45) is 0.504. The van der Waals surface area contributed by atoms with E-state index in [-0.39, 0.29) is 22.4 Å². The second-order valence-electron chi connectivity index (χ2n) is 4.33. The third kappa shape index (κ3) is 4.06. The third-order valence-corrected chi connectivity index (χ3v) is 4.24. The Morgan fingerprint density at radius 1 is 1.40 bits per heavy atom. The van der Waals surface area contributed by atoms with Crippen molar-refractivity contribution in [2.75, 3.05) is 26.6 Å². The molecule has 0 bridgehead atoms. The summed E-state index contributed by atoms with van der Waals surface area (Å²) in [7, 11) is -1.05. The SMILES string of the molecule is COCCC(C)NS(=O)(=O)c1cc(N)c(OC)c(F)c1. The average Bonchev–Trinajstić information content (AvgIpc) is 2.35. The Kier molecular flexibility index (Phi) is 5.73. The zero-order valence-electron chi connectivity index (χ0n) is 11.6. The predicted molar refractivity (Wildman–Crippen MR) is 73.6 cm³/mol. The summed E-state index contributed by atoms with van der Waals surface area (Å²) in [4.78, 5) is -0.238. The molecule has 0 aliphatic rings. The Balaban J connectivity index is 2.99. The van der Waals surface area contributed by atoms with E-state index in [4.69, 9.17) is 15.2 Å². The molecule has 1 atom stereocenters. The molecule has 0 aromatic heterocycles. The fraction of sp³-hybridized carbons (Fsp3) is 0.500. The highest BCUT2D eigenvalue weighted by atomic mass is 32.2. The van der Waals surface area contributed by atoms with Crippen LogP contribution >= 0.6 is 0 Å². The van der Waals surface area contributed by atoms with Crippen LogP contribution in [0.25, 0.3) is 0 Å². The van der Waals surface area contributed by atoms with Crippen LogP contribution in [0.2, 0.25) is 0 Å². The maximum Gasteiger partial charge on any atom is 0.240 e. The van der Waals surface area contributed by atoms with Crippen molar-refractivity contribution in [3.63, 3.8) is 0 Å². The number of methoxy groups -OCH3 is 2. The van der Waals surface area contributed by atoms with Crippen molar-refractivity contribution in [1.82, 2.24) is 4.72 Å². The third-order valence-electron chi connectivity index (χ3n) is 2.67. The molecule has 1 aromatic carbocycles. The van der Waals surface area contributed by atoms with Gasteiger partial charge >= 0.3 is 0 Å². The maximum atomic E-state index is 13.7. The van der Waals surface area contributed by atoms with Crippen molar-refractivity contribution in [2.45, 2.75) is 24.3 Å². The van der Waals surface area contributed by atoms with Crippen LogP contribution in [0.1, 0.15) is 13.3 Å². The van der Waals surface area contributed by atoms with Gasteiger partial charge in [-0.25, -0.2) is 17.5 Å². The van der Waals surface area contributed by atoms with Crippen molar-refractivity contribution < 1.29 is 22.3 Å². The highest BCUT2D eigenvalue weighted by Crippen LogP contribution is 2.28. The first-order chi connectivity index (χ1) is 9.31. The Bertz CT molecular complexity index is 540. The van der Waals surface area contributed by atoms with Gasteiger partial charge in [0.05, 0.1) is 17.7 Å². The van der Waals surface area contributed by atoms with Crippen LogP contribution in [0.5, 0.6) is 5.75 Å². The molecule has 1 unspecified atom stereocenters. The van der Waals surface area contributed by atoms with Gasteiger partial charge in [-0.1, -0.05) is 0 Å². The summed E-state index contributed by atoms with van der Waals surface area (Å²) in [5.74, 6) is -0.992. The molecule has 0 aliphatic carbocycles. The molecule has 0 fully saturated rings. The minimum atomic E-state index is -3.84. The number of hydrogen-bond donors (Lipinski definition) is 2. The van der Waals surface area contributed by atoms with Gasteiger partial charge in [0.1, 0.15) is 0 Å². The first kappa shape index (κ1) is 16.7. The molecule has 0 aliphatic heterocycles. The summed E-state index contributed by atoms with van der Waals surface area (Å²) in [5, 5.41) is 0. The number of anilines is 1. The fourth-order valence-corrected chi connectivity index (χ4v) is 2.97. The number of sulfonamides is 1. The van der Waals surface area contributed by atoms with Gasteiger partial charge < -0.3 is 15.2 Å². The van der Waals surface area contributed by atoms with Crippen molar-refractivity contribution >= 4 is 15.7 Å². The Labute approximate surface area is 118 Å². The number of rotatable bonds is 7. The van der Waals surface area contributed by atoms with E-state index in [9.17, 15) is 12.8 Å². The van der Waals surface area contributed by atoms with Gasteiger partial charge in [-0.15, -0.1) is 0 Å². The highest BCUT2D eigenvalue weighted by Gasteiger charge is 2.21. The molecule has 0 saturated heterocycles. The van der Waals surface area contributed by atoms with E-state index >= 15 is 0 Å². The molecule has 3 N–H and O–H groups in total. The van der Waals surface area contributed by atoms with Crippen LogP contribution in [0, 0.1) is 5.82 Å². The molecule has 1 rings (SSSR count). The molecular formula is C12H19FN2O4S. The number of nitrogens with two attached hydrogens (primary N) is 1. The normalized spacial score (nSPS) is 13.2. The molecule has 1 aromatic rings. The molecule has 6 nitrogen and oxygen atoms in total. The lowest BCUT2D eigenvalue weighted by Crippen LogP contribution is -2.33. The second-order valence-corrected chi connectivity index (χ2v) is 6.05. The fourth-order valence-electron chi connectivity index (χ4n) is 1.65. The number of ether oxygens (including phenoxy) is 2. The summed E-state index contributed by atoms with van der Waals surface area (Å²) < 4.78 is 49.9. The molecule has 114 valence electrons. The first-order valence-electron chi connectivity index (χ1n) is 5.96. The standard InChI is InChI=1S/C12H19FN2O4S/c1-8(4-5-18-2)15-20(16,17)9-6-10(13)12(19-3)11(14)7-9/h6-8,15H,4-5,14H2,1-3H3. The van der Waals surface area contributed by atoms with E-state index < -0.39 is 15.8 Å².